The van der Waals surface area contributed by atoms with Crippen LogP contribution in [0.25, 0.3) is 0 Å². The predicted molar refractivity (Wildman–Crippen MR) is 84.6 cm³/mol. The van der Waals surface area contributed by atoms with Crippen molar-refractivity contribution in [3.63, 3.8) is 0 Å². The molecule has 20 heavy (non-hydrogen) atoms. The molecule has 6 heteroatoms. The Morgan fingerprint density at radius 2 is 1.95 bits per heavy atom. The minimum Gasteiger partial charge on any atom is -0.479 e. The first-order valence-corrected chi connectivity index (χ1v) is 7.22. The molecule has 2 aromatic rings. The van der Waals surface area contributed by atoms with Gasteiger partial charge in [0.1, 0.15) is 0 Å². The van der Waals surface area contributed by atoms with E-state index in [0.29, 0.717) is 21.3 Å². The number of halogens is 3. The fourth-order valence-electron chi connectivity index (χ4n) is 1.75. The summed E-state index contributed by atoms with van der Waals surface area (Å²) in [4.78, 5) is 11.5. The van der Waals surface area contributed by atoms with Crippen LogP contribution >= 0.6 is 39.1 Å². The number of nitrogens with one attached hydrogen (secondary N) is 1. The van der Waals surface area contributed by atoms with Gasteiger partial charge in [-0.15, -0.1) is 0 Å². The second kappa shape index (κ2) is 6.48. The van der Waals surface area contributed by atoms with Crippen molar-refractivity contribution in [1.82, 2.24) is 0 Å². The van der Waals surface area contributed by atoms with Gasteiger partial charge in [-0.3, -0.25) is 0 Å². The molecule has 2 aromatic carbocycles. The third-order valence-electron chi connectivity index (χ3n) is 2.65. The lowest BCUT2D eigenvalue weighted by molar-refractivity contribution is -0.138. The Labute approximate surface area is 134 Å². The van der Waals surface area contributed by atoms with Crippen LogP contribution in [-0.2, 0) is 4.79 Å². The molecular formula is C14H10BrCl2NO2. The van der Waals surface area contributed by atoms with E-state index in [1.54, 1.807) is 42.5 Å². The molecule has 0 aliphatic rings. The second-order valence-corrected chi connectivity index (χ2v) is 5.85. The third-order valence-corrected chi connectivity index (χ3v) is 3.72. The van der Waals surface area contributed by atoms with Crippen LogP contribution in [0.5, 0.6) is 0 Å². The highest BCUT2D eigenvalue weighted by Crippen LogP contribution is 2.30. The van der Waals surface area contributed by atoms with Crippen molar-refractivity contribution < 1.29 is 9.90 Å². The molecule has 2 N–H and O–H groups in total. The predicted octanol–water partition coefficient (Wildman–Crippen LogP) is 4.99. The largest absolute Gasteiger partial charge is 0.479 e. The lowest BCUT2D eigenvalue weighted by atomic mass is 10.1. The van der Waals surface area contributed by atoms with Crippen LogP contribution in [0.15, 0.2) is 46.9 Å². The summed E-state index contributed by atoms with van der Waals surface area (Å²) in [6.45, 7) is 0. The molecular weight excluding hydrogens is 365 g/mol. The number of benzene rings is 2. The van der Waals surface area contributed by atoms with Gasteiger partial charge in [0.05, 0.1) is 0 Å². The zero-order valence-corrected chi connectivity index (χ0v) is 13.2. The summed E-state index contributed by atoms with van der Waals surface area (Å²) in [7, 11) is 0. The van der Waals surface area contributed by atoms with Crippen molar-refractivity contribution in [2.24, 2.45) is 0 Å². The van der Waals surface area contributed by atoms with E-state index in [9.17, 15) is 9.90 Å². The van der Waals surface area contributed by atoms with Gasteiger partial charge in [-0.1, -0.05) is 45.2 Å². The Hall–Kier alpha value is -1.23. The van der Waals surface area contributed by atoms with Crippen molar-refractivity contribution in [3.05, 3.63) is 62.5 Å². The van der Waals surface area contributed by atoms with Crippen LogP contribution in [0.3, 0.4) is 0 Å². The second-order valence-electron chi connectivity index (χ2n) is 4.09. The quantitative estimate of drug-likeness (QED) is 0.792. The van der Waals surface area contributed by atoms with Crippen molar-refractivity contribution in [2.75, 3.05) is 5.32 Å². The topological polar surface area (TPSA) is 49.3 Å². The summed E-state index contributed by atoms with van der Waals surface area (Å²) in [5, 5.41) is 13.2. The Morgan fingerprint density at radius 3 is 2.60 bits per heavy atom. The number of rotatable bonds is 4. The molecule has 0 aliphatic carbocycles. The zero-order valence-electron chi connectivity index (χ0n) is 10.1. The molecule has 0 aromatic heterocycles. The summed E-state index contributed by atoms with van der Waals surface area (Å²) < 4.78 is 0.760. The summed E-state index contributed by atoms with van der Waals surface area (Å²) in [6, 6.07) is 11.0. The molecule has 0 amide bonds. The van der Waals surface area contributed by atoms with Crippen LogP contribution < -0.4 is 5.32 Å². The van der Waals surface area contributed by atoms with Crippen molar-refractivity contribution in [2.45, 2.75) is 6.04 Å². The van der Waals surface area contributed by atoms with Gasteiger partial charge in [0.25, 0.3) is 0 Å². The third kappa shape index (κ3) is 3.66. The summed E-state index contributed by atoms with van der Waals surface area (Å²) >= 11 is 15.3. The van der Waals surface area contributed by atoms with Crippen LogP contribution in [0.1, 0.15) is 11.6 Å². The van der Waals surface area contributed by atoms with E-state index in [1.165, 1.54) is 0 Å². The van der Waals surface area contributed by atoms with Gasteiger partial charge in [0, 0.05) is 25.8 Å². The molecule has 104 valence electrons. The summed E-state index contributed by atoms with van der Waals surface area (Å²) in [5.41, 5.74) is 1.09. The maximum atomic E-state index is 11.5. The Bertz CT molecular complexity index is 649. The minimum absolute atomic E-state index is 0.384. The first-order chi connectivity index (χ1) is 9.47. The van der Waals surface area contributed by atoms with Crippen molar-refractivity contribution >= 4 is 50.8 Å². The Balaban J connectivity index is 2.37. The highest BCUT2D eigenvalue weighted by atomic mass is 79.9. The normalized spacial score (nSPS) is 11.9. The fraction of sp³-hybridized carbons (Fsp3) is 0.0714. The van der Waals surface area contributed by atoms with E-state index in [2.05, 4.69) is 21.2 Å². The maximum Gasteiger partial charge on any atom is 0.330 e. The molecule has 1 unspecified atom stereocenters. The van der Waals surface area contributed by atoms with Crippen LogP contribution in [-0.4, -0.2) is 11.1 Å². The number of anilines is 1. The maximum absolute atomic E-state index is 11.5. The molecule has 2 rings (SSSR count). The average molecular weight is 375 g/mol. The highest BCUT2D eigenvalue weighted by molar-refractivity contribution is 9.10. The molecule has 0 aliphatic heterocycles. The van der Waals surface area contributed by atoms with Crippen LogP contribution in [0.2, 0.25) is 10.0 Å². The minimum atomic E-state index is -1.02. The summed E-state index contributed by atoms with van der Waals surface area (Å²) in [5.74, 6) is -1.02. The van der Waals surface area contributed by atoms with Gasteiger partial charge in [0.15, 0.2) is 6.04 Å². The van der Waals surface area contributed by atoms with Gasteiger partial charge in [0.2, 0.25) is 0 Å². The molecule has 0 saturated heterocycles. The van der Waals surface area contributed by atoms with Gasteiger partial charge < -0.3 is 10.4 Å². The first kappa shape index (κ1) is 15.2. The molecule has 0 spiro atoms. The first-order valence-electron chi connectivity index (χ1n) is 5.67. The summed E-state index contributed by atoms with van der Waals surface area (Å²) in [6.07, 6.45) is 0. The Morgan fingerprint density at radius 1 is 1.20 bits per heavy atom. The number of carboxylic acids is 1. The van der Waals surface area contributed by atoms with Gasteiger partial charge in [-0.05, 0) is 36.4 Å². The monoisotopic (exact) mass is 373 g/mol. The molecule has 1 atom stereocenters. The van der Waals surface area contributed by atoms with E-state index in [-0.39, 0.29) is 0 Å². The highest BCUT2D eigenvalue weighted by Gasteiger charge is 2.22. The molecule has 3 nitrogen and oxygen atoms in total. The number of carbonyl (C=O) groups is 1. The number of hydrogen-bond acceptors (Lipinski definition) is 2. The fourth-order valence-corrected chi connectivity index (χ4v) is 2.55. The average Bonchev–Trinajstić information content (AvgIpc) is 2.39. The molecule has 0 fully saturated rings. The number of aliphatic carboxylic acids is 1. The van der Waals surface area contributed by atoms with Crippen molar-refractivity contribution in [3.8, 4) is 0 Å². The van der Waals surface area contributed by atoms with Gasteiger partial charge in [-0.2, -0.15) is 0 Å². The van der Waals surface area contributed by atoms with E-state index in [1.807, 2.05) is 0 Å². The smallest absolute Gasteiger partial charge is 0.330 e. The SMILES string of the molecule is O=C(O)C(Nc1cccc(Cl)c1)c1cc(Br)ccc1Cl. The lowest BCUT2D eigenvalue weighted by Gasteiger charge is -2.18. The lowest BCUT2D eigenvalue weighted by Crippen LogP contribution is -2.20. The molecule has 0 saturated carbocycles. The zero-order chi connectivity index (χ0) is 14.7. The van der Waals surface area contributed by atoms with Crippen molar-refractivity contribution in [1.29, 1.82) is 0 Å². The number of hydrogen-bond donors (Lipinski definition) is 2. The van der Waals surface area contributed by atoms with Crippen LogP contribution in [0, 0.1) is 0 Å². The van der Waals surface area contributed by atoms with E-state index >= 15 is 0 Å². The van der Waals surface area contributed by atoms with Gasteiger partial charge >= 0.3 is 5.97 Å². The number of carboxylic acid groups (broad SMARTS) is 1. The van der Waals surface area contributed by atoms with Gasteiger partial charge in [-0.25, -0.2) is 4.79 Å². The standard InChI is InChI=1S/C14H10BrCl2NO2/c15-8-4-5-12(17)11(6-8)13(14(19)20)18-10-3-1-2-9(16)7-10/h1-7,13,18H,(H,19,20). The van der Waals surface area contributed by atoms with E-state index in [0.717, 1.165) is 4.47 Å². The van der Waals surface area contributed by atoms with E-state index < -0.39 is 12.0 Å². The molecule has 0 heterocycles. The van der Waals surface area contributed by atoms with E-state index in [4.69, 9.17) is 23.2 Å². The molecule has 0 radical (unpaired) electrons. The Kier molecular flexibility index (Phi) is 4.91. The van der Waals surface area contributed by atoms with Crippen LogP contribution in [0.4, 0.5) is 5.69 Å². The molecule has 0 bridgehead atoms.